The number of halogens is 1. The molecular formula is C21H18ClN3O. The van der Waals surface area contributed by atoms with Gasteiger partial charge in [-0.15, -0.1) is 0 Å². The normalized spacial score (nSPS) is 14.2. The zero-order valence-electron chi connectivity index (χ0n) is 14.4. The average molecular weight is 364 g/mol. The number of H-pyrrole nitrogens is 1. The number of aromatic nitrogens is 2. The van der Waals surface area contributed by atoms with Crippen molar-refractivity contribution in [3.63, 3.8) is 0 Å². The van der Waals surface area contributed by atoms with Gasteiger partial charge in [0.1, 0.15) is 0 Å². The van der Waals surface area contributed by atoms with Crippen LogP contribution >= 0.6 is 11.6 Å². The lowest BCUT2D eigenvalue weighted by Crippen LogP contribution is -2.35. The molecule has 5 heteroatoms. The zero-order chi connectivity index (χ0) is 17.8. The first-order chi connectivity index (χ1) is 12.6. The number of fused-ring (bicyclic) bond motifs is 4. The number of amides is 1. The molecule has 3 heterocycles. The smallest absolute Gasteiger partial charge is 0.254 e. The van der Waals surface area contributed by atoms with Crippen molar-refractivity contribution in [3.05, 3.63) is 70.5 Å². The van der Waals surface area contributed by atoms with Gasteiger partial charge in [0.25, 0.3) is 5.91 Å². The molecule has 0 fully saturated rings. The first kappa shape index (κ1) is 15.5. The number of carbonyl (C=O) groups excluding carboxylic acids is 1. The van der Waals surface area contributed by atoms with Crippen molar-refractivity contribution in [2.45, 2.75) is 13.0 Å². The van der Waals surface area contributed by atoms with E-state index in [-0.39, 0.29) is 5.91 Å². The lowest BCUT2D eigenvalue weighted by Gasteiger charge is -2.27. The van der Waals surface area contributed by atoms with E-state index in [1.54, 1.807) is 0 Å². The Morgan fingerprint density at radius 1 is 1.15 bits per heavy atom. The van der Waals surface area contributed by atoms with E-state index in [0.717, 1.165) is 45.4 Å². The molecule has 0 saturated heterocycles. The molecule has 4 aromatic rings. The maximum Gasteiger partial charge on any atom is 0.254 e. The lowest BCUT2D eigenvalue weighted by molar-refractivity contribution is 0.0737. The summed E-state index contributed by atoms with van der Waals surface area (Å²) in [6, 6.07) is 13.8. The molecule has 2 aromatic heterocycles. The van der Waals surface area contributed by atoms with Crippen LogP contribution < -0.4 is 0 Å². The number of hydrogen-bond donors (Lipinski definition) is 1. The Balaban J connectivity index is 1.55. The topological polar surface area (TPSA) is 41.0 Å². The number of nitrogens with zero attached hydrogens (tertiary/aromatic N) is 2. The number of benzene rings is 2. The van der Waals surface area contributed by atoms with Gasteiger partial charge in [-0.3, -0.25) is 4.79 Å². The van der Waals surface area contributed by atoms with Gasteiger partial charge in [0.15, 0.2) is 0 Å². The molecule has 1 amide bonds. The number of hydrogen-bond acceptors (Lipinski definition) is 1. The van der Waals surface area contributed by atoms with Gasteiger partial charge in [0.05, 0.1) is 0 Å². The number of aromatic amines is 1. The highest BCUT2D eigenvalue weighted by molar-refractivity contribution is 6.31. The molecule has 0 bridgehead atoms. The van der Waals surface area contributed by atoms with Crippen LogP contribution in [0, 0.1) is 0 Å². The van der Waals surface area contributed by atoms with Crippen LogP contribution in [0.3, 0.4) is 0 Å². The fourth-order valence-corrected chi connectivity index (χ4v) is 4.19. The summed E-state index contributed by atoms with van der Waals surface area (Å²) in [6.07, 6.45) is 2.83. The van der Waals surface area contributed by atoms with Gasteiger partial charge >= 0.3 is 0 Å². The molecule has 1 N–H and O–H groups in total. The van der Waals surface area contributed by atoms with Crippen LogP contribution in [0.4, 0.5) is 0 Å². The lowest BCUT2D eigenvalue weighted by atomic mass is 10.0. The highest BCUT2D eigenvalue weighted by Gasteiger charge is 2.26. The van der Waals surface area contributed by atoms with Gasteiger partial charge in [0.2, 0.25) is 0 Å². The molecule has 130 valence electrons. The zero-order valence-corrected chi connectivity index (χ0v) is 15.2. The molecule has 1 aliphatic heterocycles. The number of nitrogens with one attached hydrogen (secondary N) is 1. The van der Waals surface area contributed by atoms with E-state index in [9.17, 15) is 4.79 Å². The van der Waals surface area contributed by atoms with Crippen molar-refractivity contribution in [1.29, 1.82) is 0 Å². The summed E-state index contributed by atoms with van der Waals surface area (Å²) in [4.78, 5) is 18.7. The number of rotatable bonds is 1. The van der Waals surface area contributed by atoms with Crippen LogP contribution in [0.15, 0.2) is 48.7 Å². The molecule has 2 aromatic carbocycles. The quantitative estimate of drug-likeness (QED) is 0.531. The molecule has 4 nitrogen and oxygen atoms in total. The van der Waals surface area contributed by atoms with E-state index < -0.39 is 0 Å². The molecule has 1 aliphatic rings. The van der Waals surface area contributed by atoms with E-state index in [0.29, 0.717) is 6.54 Å². The van der Waals surface area contributed by atoms with Crippen molar-refractivity contribution >= 4 is 39.3 Å². The molecule has 0 atom stereocenters. The van der Waals surface area contributed by atoms with Crippen molar-refractivity contribution in [2.75, 3.05) is 6.54 Å². The molecular weight excluding hydrogens is 346 g/mol. The monoisotopic (exact) mass is 363 g/mol. The van der Waals surface area contributed by atoms with Crippen LogP contribution in [-0.2, 0) is 20.0 Å². The molecule has 0 saturated carbocycles. The van der Waals surface area contributed by atoms with Crippen LogP contribution in [-0.4, -0.2) is 26.9 Å². The molecule has 0 unspecified atom stereocenters. The second kappa shape index (κ2) is 5.64. The fraction of sp³-hybridized carbons (Fsp3) is 0.190. The van der Waals surface area contributed by atoms with E-state index in [2.05, 4.69) is 4.98 Å². The summed E-state index contributed by atoms with van der Waals surface area (Å²) >= 11 is 6.18. The van der Waals surface area contributed by atoms with E-state index >= 15 is 0 Å². The van der Waals surface area contributed by atoms with E-state index in [1.807, 2.05) is 65.2 Å². The summed E-state index contributed by atoms with van der Waals surface area (Å²) in [5.41, 5.74) is 5.32. The van der Waals surface area contributed by atoms with Gasteiger partial charge in [0, 0.05) is 76.4 Å². The Labute approximate surface area is 156 Å². The minimum atomic E-state index is 0.0869. The number of aryl methyl sites for hydroxylation is 1. The van der Waals surface area contributed by atoms with Gasteiger partial charge in [-0.05, 0) is 36.4 Å². The maximum absolute atomic E-state index is 13.2. The van der Waals surface area contributed by atoms with E-state index in [4.69, 9.17) is 11.6 Å². The van der Waals surface area contributed by atoms with Crippen molar-refractivity contribution in [3.8, 4) is 0 Å². The molecule has 26 heavy (non-hydrogen) atoms. The predicted octanol–water partition coefficient (Wildman–Crippen LogP) is 4.51. The molecule has 5 rings (SSSR count). The van der Waals surface area contributed by atoms with Crippen LogP contribution in [0.1, 0.15) is 21.6 Å². The fourth-order valence-electron chi connectivity index (χ4n) is 4.02. The average Bonchev–Trinajstić information content (AvgIpc) is 3.21. The maximum atomic E-state index is 13.2. The van der Waals surface area contributed by atoms with Crippen LogP contribution in [0.2, 0.25) is 5.02 Å². The van der Waals surface area contributed by atoms with Crippen LogP contribution in [0.25, 0.3) is 21.8 Å². The first-order valence-electron chi connectivity index (χ1n) is 8.74. The standard InChI is InChI=1S/C21H18ClN3O/c1-24-9-7-14-15(3-2-4-20(14)24)21(26)25-10-8-19-17(12-25)16-11-13(22)5-6-18(16)23-19/h2-7,9,11,23H,8,10,12H2,1H3. The van der Waals surface area contributed by atoms with Gasteiger partial charge in [-0.2, -0.15) is 0 Å². The highest BCUT2D eigenvalue weighted by Crippen LogP contribution is 2.31. The summed E-state index contributed by atoms with van der Waals surface area (Å²) in [5.74, 6) is 0.0869. The van der Waals surface area contributed by atoms with Crippen LogP contribution in [0.5, 0.6) is 0 Å². The highest BCUT2D eigenvalue weighted by atomic mass is 35.5. The Morgan fingerprint density at radius 2 is 2.04 bits per heavy atom. The third kappa shape index (κ3) is 2.26. The third-order valence-corrected chi connectivity index (χ3v) is 5.62. The van der Waals surface area contributed by atoms with E-state index in [1.165, 1.54) is 11.3 Å². The van der Waals surface area contributed by atoms with Crippen molar-refractivity contribution < 1.29 is 4.79 Å². The molecule has 0 radical (unpaired) electrons. The third-order valence-electron chi connectivity index (χ3n) is 5.38. The summed E-state index contributed by atoms with van der Waals surface area (Å²) in [7, 11) is 2.00. The summed E-state index contributed by atoms with van der Waals surface area (Å²) in [5, 5.41) is 2.84. The minimum Gasteiger partial charge on any atom is -0.358 e. The Morgan fingerprint density at radius 3 is 2.92 bits per heavy atom. The number of carbonyl (C=O) groups is 1. The van der Waals surface area contributed by atoms with Gasteiger partial charge < -0.3 is 14.5 Å². The van der Waals surface area contributed by atoms with Gasteiger partial charge in [-0.1, -0.05) is 17.7 Å². The minimum absolute atomic E-state index is 0.0869. The molecule has 0 spiro atoms. The molecule has 0 aliphatic carbocycles. The van der Waals surface area contributed by atoms with Gasteiger partial charge in [-0.25, -0.2) is 0 Å². The second-order valence-corrected chi connectivity index (χ2v) is 7.35. The summed E-state index contributed by atoms with van der Waals surface area (Å²) < 4.78 is 2.04. The Kier molecular flexibility index (Phi) is 3.37. The predicted molar refractivity (Wildman–Crippen MR) is 105 cm³/mol. The Hall–Kier alpha value is -2.72. The Bertz CT molecular complexity index is 1170. The van der Waals surface area contributed by atoms with Crippen molar-refractivity contribution in [2.24, 2.45) is 7.05 Å². The second-order valence-electron chi connectivity index (χ2n) is 6.91. The SMILES string of the molecule is Cn1ccc2c(C(=O)N3CCc4[nH]c5ccc(Cl)cc5c4C3)cccc21. The first-order valence-corrected chi connectivity index (χ1v) is 9.12. The largest absolute Gasteiger partial charge is 0.358 e. The van der Waals surface area contributed by atoms with Crippen molar-refractivity contribution in [1.82, 2.24) is 14.5 Å². The summed E-state index contributed by atoms with van der Waals surface area (Å²) in [6.45, 7) is 1.33.